The minimum absolute atomic E-state index is 0.0418. The van der Waals surface area contributed by atoms with Crippen LogP contribution in [0.1, 0.15) is 57.5 Å². The van der Waals surface area contributed by atoms with Crippen molar-refractivity contribution < 1.29 is 0 Å². The van der Waals surface area contributed by atoms with Crippen LogP contribution >= 0.6 is 0 Å². The first-order chi connectivity index (χ1) is 14.4. The molecule has 1 aromatic heterocycles. The van der Waals surface area contributed by atoms with E-state index in [0.717, 1.165) is 30.9 Å². The van der Waals surface area contributed by atoms with E-state index in [2.05, 4.69) is 92.1 Å². The third-order valence-electron chi connectivity index (χ3n) is 7.26. The molecule has 30 heavy (non-hydrogen) atoms. The van der Waals surface area contributed by atoms with Crippen molar-refractivity contribution in [2.24, 2.45) is 0 Å². The van der Waals surface area contributed by atoms with Gasteiger partial charge in [0.05, 0.1) is 11.4 Å². The lowest BCUT2D eigenvalue weighted by Crippen LogP contribution is -2.36. The SMILES string of the molecule is CC1(C)CCC(C)(C)c2nc3c(nc21)N(c1ccccc1)C1Cc2ccccc2N31. The van der Waals surface area contributed by atoms with Crippen LogP contribution in [0.3, 0.4) is 0 Å². The molecule has 0 saturated heterocycles. The number of nitrogens with zero attached hydrogens (tertiary/aromatic N) is 4. The zero-order chi connectivity index (χ0) is 20.7. The molecule has 3 heterocycles. The van der Waals surface area contributed by atoms with Gasteiger partial charge in [-0.1, -0.05) is 64.1 Å². The smallest absolute Gasteiger partial charge is 0.178 e. The highest BCUT2D eigenvalue weighted by atomic mass is 15.5. The first-order valence-corrected chi connectivity index (χ1v) is 11.0. The Bertz CT molecular complexity index is 1110. The van der Waals surface area contributed by atoms with Crippen molar-refractivity contribution in [3.63, 3.8) is 0 Å². The normalized spacial score (nSPS) is 22.3. The molecule has 0 saturated carbocycles. The molecule has 0 N–H and O–H groups in total. The Hall–Kier alpha value is -2.88. The molecule has 0 amide bonds. The van der Waals surface area contributed by atoms with Crippen molar-refractivity contribution in [2.45, 2.75) is 64.0 Å². The van der Waals surface area contributed by atoms with Crippen LogP contribution in [0.15, 0.2) is 54.6 Å². The third-order valence-corrected chi connectivity index (χ3v) is 7.26. The number of hydrogen-bond donors (Lipinski definition) is 0. The van der Waals surface area contributed by atoms with E-state index >= 15 is 0 Å². The average Bonchev–Trinajstić information content (AvgIpc) is 3.25. The maximum Gasteiger partial charge on any atom is 0.178 e. The van der Waals surface area contributed by atoms with E-state index in [1.807, 2.05) is 0 Å². The largest absolute Gasteiger partial charge is 0.301 e. The molecule has 1 aliphatic carbocycles. The molecule has 2 aliphatic heterocycles. The minimum atomic E-state index is 0.0418. The van der Waals surface area contributed by atoms with Gasteiger partial charge in [0.1, 0.15) is 6.17 Å². The van der Waals surface area contributed by atoms with E-state index in [0.29, 0.717) is 0 Å². The van der Waals surface area contributed by atoms with E-state index in [-0.39, 0.29) is 17.0 Å². The molecule has 2 aromatic carbocycles. The van der Waals surface area contributed by atoms with Crippen molar-refractivity contribution >= 4 is 23.0 Å². The van der Waals surface area contributed by atoms with Gasteiger partial charge in [0, 0.05) is 28.6 Å². The van der Waals surface area contributed by atoms with Gasteiger partial charge in [0.2, 0.25) is 0 Å². The molecule has 152 valence electrons. The number of hydrogen-bond acceptors (Lipinski definition) is 4. The summed E-state index contributed by atoms with van der Waals surface area (Å²) in [6, 6.07) is 19.4. The van der Waals surface area contributed by atoms with Gasteiger partial charge in [-0.15, -0.1) is 0 Å². The molecule has 4 heteroatoms. The number of para-hydroxylation sites is 2. The molecule has 6 rings (SSSR count). The number of anilines is 4. The summed E-state index contributed by atoms with van der Waals surface area (Å²) in [5.74, 6) is 2.02. The first-order valence-electron chi connectivity index (χ1n) is 11.0. The highest BCUT2D eigenvalue weighted by Gasteiger charge is 2.48. The van der Waals surface area contributed by atoms with Crippen LogP contribution in [-0.2, 0) is 17.3 Å². The number of benzene rings is 2. The van der Waals surface area contributed by atoms with E-state index < -0.39 is 0 Å². The second kappa shape index (κ2) is 5.84. The van der Waals surface area contributed by atoms with E-state index in [9.17, 15) is 0 Å². The van der Waals surface area contributed by atoms with E-state index in [1.165, 1.54) is 28.3 Å². The lowest BCUT2D eigenvalue weighted by molar-refractivity contribution is 0.315. The monoisotopic (exact) mass is 396 g/mol. The highest BCUT2D eigenvalue weighted by molar-refractivity contribution is 5.87. The molecule has 0 radical (unpaired) electrons. The summed E-state index contributed by atoms with van der Waals surface area (Å²) in [6.07, 6.45) is 3.44. The Morgan fingerprint density at radius 3 is 1.97 bits per heavy atom. The van der Waals surface area contributed by atoms with Crippen LogP contribution in [0.2, 0.25) is 0 Å². The van der Waals surface area contributed by atoms with Gasteiger partial charge in [-0.3, -0.25) is 0 Å². The lowest BCUT2D eigenvalue weighted by Gasteiger charge is -2.40. The second-order valence-corrected chi connectivity index (χ2v) is 10.2. The molecule has 1 unspecified atom stereocenters. The predicted octanol–water partition coefficient (Wildman–Crippen LogP) is 6.00. The first kappa shape index (κ1) is 17.9. The Labute approximate surface area is 178 Å². The summed E-state index contributed by atoms with van der Waals surface area (Å²) < 4.78 is 0. The van der Waals surface area contributed by atoms with Crippen LogP contribution < -0.4 is 9.80 Å². The number of rotatable bonds is 1. The summed E-state index contributed by atoms with van der Waals surface area (Å²) in [6.45, 7) is 9.28. The summed E-state index contributed by atoms with van der Waals surface area (Å²) in [5, 5.41) is 0. The molecule has 3 aromatic rings. The molecular weight excluding hydrogens is 368 g/mol. The summed E-state index contributed by atoms with van der Waals surface area (Å²) in [7, 11) is 0. The molecule has 3 aliphatic rings. The summed E-state index contributed by atoms with van der Waals surface area (Å²) >= 11 is 0. The fraction of sp³-hybridized carbons (Fsp3) is 0.385. The standard InChI is InChI=1S/C26H28N4/c1-25(2)14-15-26(3,4)22-21(25)27-23-24(28-22)30-19-13-9-8-10-17(19)16-20(30)29(23)18-11-6-5-7-12-18/h5-13,20H,14-16H2,1-4H3. The highest BCUT2D eigenvalue weighted by Crippen LogP contribution is 2.54. The van der Waals surface area contributed by atoms with Crippen molar-refractivity contribution in [3.05, 3.63) is 71.5 Å². The van der Waals surface area contributed by atoms with E-state index in [4.69, 9.17) is 9.97 Å². The lowest BCUT2D eigenvalue weighted by atomic mass is 9.67. The molecule has 0 bridgehead atoms. The fourth-order valence-corrected chi connectivity index (χ4v) is 5.40. The van der Waals surface area contributed by atoms with Gasteiger partial charge >= 0.3 is 0 Å². The predicted molar refractivity (Wildman–Crippen MR) is 122 cm³/mol. The molecule has 4 nitrogen and oxygen atoms in total. The second-order valence-electron chi connectivity index (χ2n) is 10.2. The molecule has 0 fully saturated rings. The van der Waals surface area contributed by atoms with Crippen LogP contribution in [0.5, 0.6) is 0 Å². The van der Waals surface area contributed by atoms with Gasteiger partial charge < -0.3 is 9.80 Å². The van der Waals surface area contributed by atoms with Crippen molar-refractivity contribution in [1.29, 1.82) is 0 Å². The van der Waals surface area contributed by atoms with Crippen molar-refractivity contribution in [1.82, 2.24) is 9.97 Å². The summed E-state index contributed by atoms with van der Waals surface area (Å²) in [5.41, 5.74) is 6.27. The Kier molecular flexibility index (Phi) is 3.49. The Morgan fingerprint density at radius 1 is 0.733 bits per heavy atom. The van der Waals surface area contributed by atoms with Crippen LogP contribution in [-0.4, -0.2) is 16.1 Å². The number of aromatic nitrogens is 2. The number of fused-ring (bicyclic) bond motifs is 6. The van der Waals surface area contributed by atoms with E-state index in [1.54, 1.807) is 0 Å². The zero-order valence-electron chi connectivity index (χ0n) is 18.2. The average molecular weight is 397 g/mol. The third kappa shape index (κ3) is 2.33. The van der Waals surface area contributed by atoms with Crippen LogP contribution in [0.25, 0.3) is 0 Å². The van der Waals surface area contributed by atoms with Crippen molar-refractivity contribution in [3.8, 4) is 0 Å². The van der Waals surface area contributed by atoms with Gasteiger partial charge in [-0.05, 0) is 36.6 Å². The molecule has 0 spiro atoms. The Morgan fingerprint density at radius 2 is 1.30 bits per heavy atom. The van der Waals surface area contributed by atoms with Crippen molar-refractivity contribution in [2.75, 3.05) is 9.80 Å². The van der Waals surface area contributed by atoms with Gasteiger partial charge in [0.25, 0.3) is 0 Å². The minimum Gasteiger partial charge on any atom is -0.301 e. The van der Waals surface area contributed by atoms with Gasteiger partial charge in [-0.25, -0.2) is 9.97 Å². The Balaban J connectivity index is 1.63. The van der Waals surface area contributed by atoms with Crippen LogP contribution in [0.4, 0.5) is 23.0 Å². The molecule has 1 atom stereocenters. The molecular formula is C26H28N4. The maximum absolute atomic E-state index is 5.38. The quantitative estimate of drug-likeness (QED) is 0.505. The maximum atomic E-state index is 5.38. The van der Waals surface area contributed by atoms with Gasteiger partial charge in [-0.2, -0.15) is 0 Å². The van der Waals surface area contributed by atoms with Gasteiger partial charge in [0.15, 0.2) is 11.6 Å². The summed E-state index contributed by atoms with van der Waals surface area (Å²) in [4.78, 5) is 15.6. The van der Waals surface area contributed by atoms with Crippen LogP contribution in [0, 0.1) is 0 Å². The topological polar surface area (TPSA) is 32.3 Å². The fourth-order valence-electron chi connectivity index (χ4n) is 5.40. The zero-order valence-corrected chi connectivity index (χ0v) is 18.2.